The van der Waals surface area contributed by atoms with E-state index >= 15 is 0 Å². The van der Waals surface area contributed by atoms with Crippen molar-refractivity contribution in [3.8, 4) is 0 Å². The van der Waals surface area contributed by atoms with Crippen LogP contribution in [-0.4, -0.2) is 53.3 Å². The molecule has 1 aromatic heterocycles. The maximum atomic E-state index is 12.6. The summed E-state index contributed by atoms with van der Waals surface area (Å²) >= 11 is 6.17. The Kier molecular flexibility index (Phi) is 5.60. The van der Waals surface area contributed by atoms with Gasteiger partial charge in [0, 0.05) is 43.6 Å². The molecule has 0 saturated carbocycles. The van der Waals surface area contributed by atoms with Crippen molar-refractivity contribution < 1.29 is 4.79 Å². The second-order valence-electron chi connectivity index (χ2n) is 6.23. The lowest BCUT2D eigenvalue weighted by atomic mass is 10.2. The van der Waals surface area contributed by atoms with Crippen LogP contribution in [0.15, 0.2) is 36.7 Å². The maximum absolute atomic E-state index is 12.6. The van der Waals surface area contributed by atoms with Crippen LogP contribution in [0.3, 0.4) is 0 Å². The number of carbonyl (C=O) groups is 1. The fraction of sp³-hybridized carbons (Fsp3) is 0.444. The second-order valence-corrected chi connectivity index (χ2v) is 6.67. The van der Waals surface area contributed by atoms with Gasteiger partial charge in [-0.2, -0.15) is 5.10 Å². The molecule has 1 atom stereocenters. The van der Waals surface area contributed by atoms with Gasteiger partial charge >= 0.3 is 0 Å². The Bertz CT molecular complexity index is 710. The molecule has 1 N–H and O–H groups in total. The molecule has 1 aliphatic heterocycles. The Hall–Kier alpha value is -2.05. The topological polar surface area (TPSA) is 53.4 Å². The minimum Gasteiger partial charge on any atom is -0.367 e. The fourth-order valence-electron chi connectivity index (χ4n) is 3.06. The van der Waals surface area contributed by atoms with Crippen molar-refractivity contribution in [2.45, 2.75) is 19.9 Å². The highest BCUT2D eigenvalue weighted by Crippen LogP contribution is 2.30. The molecule has 2 heterocycles. The zero-order chi connectivity index (χ0) is 17.8. The summed E-state index contributed by atoms with van der Waals surface area (Å²) in [4.78, 5) is 17.3. The maximum Gasteiger partial charge on any atom is 0.249 e. The number of aromatic nitrogens is 2. The highest BCUT2D eigenvalue weighted by atomic mass is 35.5. The first-order valence-corrected chi connectivity index (χ1v) is 9.03. The van der Waals surface area contributed by atoms with E-state index in [-0.39, 0.29) is 5.91 Å². The number of benzene rings is 1. The van der Waals surface area contributed by atoms with Crippen LogP contribution in [0.2, 0.25) is 5.02 Å². The van der Waals surface area contributed by atoms with Gasteiger partial charge in [0.1, 0.15) is 6.04 Å². The quantitative estimate of drug-likeness (QED) is 0.889. The minimum absolute atomic E-state index is 0.112. The smallest absolute Gasteiger partial charge is 0.249 e. The summed E-state index contributed by atoms with van der Waals surface area (Å²) in [5.74, 6) is -0.112. The average molecular weight is 362 g/mol. The fourth-order valence-corrected chi connectivity index (χ4v) is 3.23. The van der Waals surface area contributed by atoms with Gasteiger partial charge in [-0.3, -0.25) is 9.48 Å². The lowest BCUT2D eigenvalue weighted by Crippen LogP contribution is -2.46. The zero-order valence-electron chi connectivity index (χ0n) is 14.7. The summed E-state index contributed by atoms with van der Waals surface area (Å²) in [5.41, 5.74) is 1.77. The highest BCUT2D eigenvalue weighted by molar-refractivity contribution is 6.31. The van der Waals surface area contributed by atoms with Crippen molar-refractivity contribution in [3.05, 3.63) is 41.7 Å². The van der Waals surface area contributed by atoms with Gasteiger partial charge in [0.15, 0.2) is 0 Å². The van der Waals surface area contributed by atoms with E-state index in [1.54, 1.807) is 17.1 Å². The van der Waals surface area contributed by atoms with Crippen molar-refractivity contribution in [2.75, 3.05) is 42.9 Å². The van der Waals surface area contributed by atoms with Crippen molar-refractivity contribution >= 4 is 28.9 Å². The molecule has 2 aromatic rings. The molecule has 7 heteroatoms. The summed E-state index contributed by atoms with van der Waals surface area (Å²) in [6.07, 6.45) is 3.45. The van der Waals surface area contributed by atoms with Crippen molar-refractivity contribution in [2.24, 2.45) is 0 Å². The molecular weight excluding hydrogens is 338 g/mol. The molecule has 0 spiro atoms. The van der Waals surface area contributed by atoms with E-state index in [0.29, 0.717) is 5.02 Å². The summed E-state index contributed by atoms with van der Waals surface area (Å²) < 4.78 is 1.64. The van der Waals surface area contributed by atoms with Gasteiger partial charge in [0.2, 0.25) is 5.91 Å². The van der Waals surface area contributed by atoms with E-state index in [0.717, 1.165) is 44.1 Å². The van der Waals surface area contributed by atoms with Gasteiger partial charge in [-0.15, -0.1) is 0 Å². The summed E-state index contributed by atoms with van der Waals surface area (Å²) in [5, 5.41) is 7.77. The van der Waals surface area contributed by atoms with Gasteiger partial charge in [0.05, 0.1) is 11.4 Å². The van der Waals surface area contributed by atoms with Crippen molar-refractivity contribution in [1.29, 1.82) is 0 Å². The Balaban J connectivity index is 1.76. The first-order chi connectivity index (χ1) is 12.1. The zero-order valence-corrected chi connectivity index (χ0v) is 15.4. The molecule has 134 valence electrons. The van der Waals surface area contributed by atoms with Crippen LogP contribution in [0, 0.1) is 0 Å². The number of carbonyl (C=O) groups excluding carboxylic acids is 1. The SMILES string of the molecule is CCN1CCN(c2ccc(Cl)cc2NC(=O)C(C)n2cccn2)CC1. The molecule has 6 nitrogen and oxygen atoms in total. The second kappa shape index (κ2) is 7.89. The predicted octanol–water partition coefficient (Wildman–Crippen LogP) is 2.88. The summed E-state index contributed by atoms with van der Waals surface area (Å²) in [6, 6.07) is 7.09. The number of likely N-dealkylation sites (N-methyl/N-ethyl adjacent to an activating group) is 1. The van der Waals surface area contributed by atoms with Crippen molar-refractivity contribution in [3.63, 3.8) is 0 Å². The monoisotopic (exact) mass is 361 g/mol. The third kappa shape index (κ3) is 4.14. The van der Waals surface area contributed by atoms with Crippen molar-refractivity contribution in [1.82, 2.24) is 14.7 Å². The van der Waals surface area contributed by atoms with E-state index in [2.05, 4.69) is 27.1 Å². The number of halogens is 1. The van der Waals surface area contributed by atoms with E-state index < -0.39 is 6.04 Å². The molecule has 0 aliphatic carbocycles. The molecule has 1 amide bonds. The molecular formula is C18H24ClN5O. The number of amides is 1. The van der Waals surface area contributed by atoms with Gasteiger partial charge in [-0.1, -0.05) is 18.5 Å². The Morgan fingerprint density at radius 2 is 2.08 bits per heavy atom. The normalized spacial score (nSPS) is 16.7. The predicted molar refractivity (Wildman–Crippen MR) is 101 cm³/mol. The molecule has 1 unspecified atom stereocenters. The van der Waals surface area contributed by atoms with E-state index in [4.69, 9.17) is 11.6 Å². The van der Waals surface area contributed by atoms with Gasteiger partial charge < -0.3 is 15.1 Å². The molecule has 0 bridgehead atoms. The van der Waals surface area contributed by atoms with Gasteiger partial charge in [0.25, 0.3) is 0 Å². The van der Waals surface area contributed by atoms with Crippen LogP contribution >= 0.6 is 11.6 Å². The number of nitrogens with one attached hydrogen (secondary N) is 1. The molecule has 25 heavy (non-hydrogen) atoms. The molecule has 1 aliphatic rings. The Morgan fingerprint density at radius 3 is 2.72 bits per heavy atom. The van der Waals surface area contributed by atoms with Gasteiger partial charge in [-0.25, -0.2) is 0 Å². The molecule has 3 rings (SSSR count). The number of anilines is 2. The molecule has 1 fully saturated rings. The summed E-state index contributed by atoms with van der Waals surface area (Å²) in [6.45, 7) is 9.00. The number of hydrogen-bond acceptors (Lipinski definition) is 4. The third-order valence-electron chi connectivity index (χ3n) is 4.68. The van der Waals surface area contributed by atoms with Gasteiger partial charge in [-0.05, 0) is 37.7 Å². The lowest BCUT2D eigenvalue weighted by molar-refractivity contribution is -0.119. The van der Waals surface area contributed by atoms with Crippen LogP contribution in [0.1, 0.15) is 19.9 Å². The first-order valence-electron chi connectivity index (χ1n) is 8.65. The largest absolute Gasteiger partial charge is 0.367 e. The van der Waals surface area contributed by atoms with Crippen LogP contribution in [0.4, 0.5) is 11.4 Å². The van der Waals surface area contributed by atoms with Crippen LogP contribution in [-0.2, 0) is 4.79 Å². The average Bonchev–Trinajstić information content (AvgIpc) is 3.16. The highest BCUT2D eigenvalue weighted by Gasteiger charge is 2.21. The standard InChI is InChI=1S/C18H24ClN5O/c1-3-22-9-11-23(12-10-22)17-6-5-15(19)13-16(17)21-18(25)14(2)24-8-4-7-20-24/h4-8,13-14H,3,9-12H2,1-2H3,(H,21,25). The minimum atomic E-state index is -0.390. The number of hydrogen-bond donors (Lipinski definition) is 1. The lowest BCUT2D eigenvalue weighted by Gasteiger charge is -2.36. The van der Waals surface area contributed by atoms with E-state index in [1.165, 1.54) is 0 Å². The third-order valence-corrected chi connectivity index (χ3v) is 4.91. The Labute approximate surface area is 153 Å². The molecule has 0 radical (unpaired) electrons. The van der Waals surface area contributed by atoms with Crippen LogP contribution < -0.4 is 10.2 Å². The summed E-state index contributed by atoms with van der Waals surface area (Å²) in [7, 11) is 0. The number of rotatable bonds is 5. The molecule has 1 aromatic carbocycles. The Morgan fingerprint density at radius 1 is 1.32 bits per heavy atom. The van der Waals surface area contributed by atoms with Crippen LogP contribution in [0.25, 0.3) is 0 Å². The van der Waals surface area contributed by atoms with E-state index in [9.17, 15) is 4.79 Å². The number of nitrogens with zero attached hydrogens (tertiary/aromatic N) is 4. The van der Waals surface area contributed by atoms with Crippen LogP contribution in [0.5, 0.6) is 0 Å². The van der Waals surface area contributed by atoms with E-state index in [1.807, 2.05) is 31.2 Å². The first kappa shape index (κ1) is 17.8. The number of piperazine rings is 1. The molecule has 1 saturated heterocycles.